The molecule has 4 heteroatoms. The van der Waals surface area contributed by atoms with Crippen molar-refractivity contribution >= 4 is 6.09 Å². The van der Waals surface area contributed by atoms with Crippen LogP contribution in [-0.2, 0) is 6.61 Å². The molecule has 54 valence electrons. The second kappa shape index (κ2) is 2.53. The fourth-order valence-electron chi connectivity index (χ4n) is 0.732. The van der Waals surface area contributed by atoms with Gasteiger partial charge in [-0.1, -0.05) is 0 Å². The van der Waals surface area contributed by atoms with Gasteiger partial charge in [-0.2, -0.15) is 0 Å². The van der Waals surface area contributed by atoms with Crippen molar-refractivity contribution in [3.63, 3.8) is 0 Å². The predicted octanol–water partition coefficient (Wildman–Crippen LogP) is 0.506. The average molecular weight is 141 g/mol. The maximum Gasteiger partial charge on any atom is 0.415 e. The molecule has 10 heavy (non-hydrogen) atoms. The Kier molecular flexibility index (Phi) is 1.73. The number of nitrogens with zero attached hydrogens (tertiary/aromatic N) is 1. The van der Waals surface area contributed by atoms with Gasteiger partial charge in [0, 0.05) is 6.20 Å². The molecule has 0 aromatic carbocycles. The van der Waals surface area contributed by atoms with E-state index in [1.54, 1.807) is 12.1 Å². The van der Waals surface area contributed by atoms with Gasteiger partial charge >= 0.3 is 6.09 Å². The molecule has 0 saturated heterocycles. The zero-order chi connectivity index (χ0) is 7.56. The third-order valence-electron chi connectivity index (χ3n) is 1.20. The fraction of sp³-hybridized carbons (Fsp3) is 0.167. The lowest BCUT2D eigenvalue weighted by Crippen LogP contribution is -2.09. The third-order valence-corrected chi connectivity index (χ3v) is 1.20. The molecule has 0 unspecified atom stereocenters. The van der Waals surface area contributed by atoms with Crippen LogP contribution in [0.1, 0.15) is 5.69 Å². The zero-order valence-electron chi connectivity index (χ0n) is 5.19. The van der Waals surface area contributed by atoms with E-state index in [1.165, 1.54) is 6.20 Å². The largest absolute Gasteiger partial charge is 0.464 e. The van der Waals surface area contributed by atoms with E-state index in [0.717, 1.165) is 4.57 Å². The summed E-state index contributed by atoms with van der Waals surface area (Å²) >= 11 is 0. The van der Waals surface area contributed by atoms with Crippen LogP contribution < -0.4 is 0 Å². The first-order valence-corrected chi connectivity index (χ1v) is 2.76. The molecular formula is C6H7NO3. The molecule has 1 aromatic heterocycles. The van der Waals surface area contributed by atoms with Gasteiger partial charge in [-0.15, -0.1) is 0 Å². The van der Waals surface area contributed by atoms with Crippen LogP contribution in [-0.4, -0.2) is 20.9 Å². The number of hydrogen-bond donors (Lipinski definition) is 2. The average Bonchev–Trinajstić information content (AvgIpc) is 2.33. The van der Waals surface area contributed by atoms with Crippen LogP contribution in [0, 0.1) is 0 Å². The molecule has 0 spiro atoms. The maximum atomic E-state index is 10.3. The Bertz CT molecular complexity index is 241. The number of carbonyl (C=O) groups is 1. The lowest BCUT2D eigenvalue weighted by molar-refractivity contribution is 0.192. The smallest absolute Gasteiger partial charge is 0.415 e. The molecule has 0 aliphatic heterocycles. The summed E-state index contributed by atoms with van der Waals surface area (Å²) in [5.41, 5.74) is 0.382. The van der Waals surface area contributed by atoms with E-state index in [1.807, 2.05) is 0 Å². The number of rotatable bonds is 1. The number of aliphatic hydroxyl groups excluding tert-OH is 1. The molecule has 4 nitrogen and oxygen atoms in total. The molecule has 0 amide bonds. The molecule has 1 rings (SSSR count). The van der Waals surface area contributed by atoms with Crippen LogP contribution in [0.2, 0.25) is 0 Å². The SMILES string of the molecule is O=C(O)n1cccc1CO. The van der Waals surface area contributed by atoms with Crippen molar-refractivity contribution in [2.24, 2.45) is 0 Å². The summed E-state index contributed by atoms with van der Waals surface area (Å²) < 4.78 is 0.972. The van der Waals surface area contributed by atoms with Gasteiger partial charge < -0.3 is 10.2 Å². The fourth-order valence-corrected chi connectivity index (χ4v) is 0.732. The lowest BCUT2D eigenvalue weighted by Gasteiger charge is -1.97. The van der Waals surface area contributed by atoms with Gasteiger partial charge in [-0.05, 0) is 12.1 Å². The zero-order valence-corrected chi connectivity index (χ0v) is 5.19. The molecule has 0 saturated carbocycles. The Balaban J connectivity index is 3.01. The Morgan fingerprint density at radius 3 is 2.80 bits per heavy atom. The number of aliphatic hydroxyl groups is 1. The Hall–Kier alpha value is -1.29. The molecule has 0 bridgehead atoms. The first-order valence-electron chi connectivity index (χ1n) is 2.76. The van der Waals surface area contributed by atoms with Crippen LogP contribution >= 0.6 is 0 Å². The van der Waals surface area contributed by atoms with E-state index in [2.05, 4.69) is 0 Å². The van der Waals surface area contributed by atoms with Gasteiger partial charge in [-0.3, -0.25) is 4.57 Å². The van der Waals surface area contributed by atoms with E-state index in [4.69, 9.17) is 10.2 Å². The first-order chi connectivity index (χ1) is 4.75. The van der Waals surface area contributed by atoms with Crippen LogP contribution in [0.15, 0.2) is 18.3 Å². The molecule has 0 atom stereocenters. The van der Waals surface area contributed by atoms with Gasteiger partial charge in [0.2, 0.25) is 0 Å². The molecular weight excluding hydrogens is 134 g/mol. The highest BCUT2D eigenvalue weighted by atomic mass is 16.4. The van der Waals surface area contributed by atoms with Crippen molar-refractivity contribution in [2.75, 3.05) is 0 Å². The Labute approximate surface area is 57.3 Å². The van der Waals surface area contributed by atoms with E-state index in [9.17, 15) is 4.79 Å². The van der Waals surface area contributed by atoms with Gasteiger partial charge in [0.1, 0.15) is 0 Å². The van der Waals surface area contributed by atoms with Crippen LogP contribution in [0.25, 0.3) is 0 Å². The Morgan fingerprint density at radius 1 is 1.70 bits per heavy atom. The van der Waals surface area contributed by atoms with Crippen molar-refractivity contribution in [3.8, 4) is 0 Å². The predicted molar refractivity (Wildman–Crippen MR) is 33.8 cm³/mol. The van der Waals surface area contributed by atoms with Crippen molar-refractivity contribution in [1.29, 1.82) is 0 Å². The second-order valence-electron chi connectivity index (χ2n) is 1.81. The monoisotopic (exact) mass is 141 g/mol. The second-order valence-corrected chi connectivity index (χ2v) is 1.81. The quantitative estimate of drug-likeness (QED) is 0.598. The van der Waals surface area contributed by atoms with Gasteiger partial charge in [0.25, 0.3) is 0 Å². The van der Waals surface area contributed by atoms with Crippen molar-refractivity contribution in [3.05, 3.63) is 24.0 Å². The summed E-state index contributed by atoms with van der Waals surface area (Å²) in [6.07, 6.45) is 0.308. The first kappa shape index (κ1) is 6.82. The van der Waals surface area contributed by atoms with E-state index in [0.29, 0.717) is 5.69 Å². The molecule has 0 fully saturated rings. The molecule has 2 N–H and O–H groups in total. The van der Waals surface area contributed by atoms with Crippen LogP contribution in [0.5, 0.6) is 0 Å². The Morgan fingerprint density at radius 2 is 2.40 bits per heavy atom. The maximum absolute atomic E-state index is 10.3. The minimum atomic E-state index is -1.07. The van der Waals surface area contributed by atoms with Crippen LogP contribution in [0.4, 0.5) is 4.79 Å². The number of carboxylic acid groups (broad SMARTS) is 1. The molecule has 0 aliphatic carbocycles. The summed E-state index contributed by atoms with van der Waals surface area (Å²) in [4.78, 5) is 10.3. The summed E-state index contributed by atoms with van der Waals surface area (Å²) in [7, 11) is 0. The van der Waals surface area contributed by atoms with Crippen molar-refractivity contribution in [1.82, 2.24) is 4.57 Å². The highest BCUT2D eigenvalue weighted by molar-refractivity contribution is 5.69. The standard InChI is InChI=1S/C6H7NO3/c8-4-5-2-1-3-7(5)6(9)10/h1-3,8H,4H2,(H,9,10). The highest BCUT2D eigenvalue weighted by Gasteiger charge is 2.03. The normalized spacial score (nSPS) is 9.70. The van der Waals surface area contributed by atoms with E-state index < -0.39 is 6.09 Å². The summed E-state index contributed by atoms with van der Waals surface area (Å²) in [5, 5.41) is 17.0. The molecule has 1 aromatic rings. The summed E-state index contributed by atoms with van der Waals surface area (Å²) in [6, 6.07) is 3.12. The van der Waals surface area contributed by atoms with Gasteiger partial charge in [0.15, 0.2) is 0 Å². The number of hydrogen-bond acceptors (Lipinski definition) is 2. The minimum Gasteiger partial charge on any atom is -0.464 e. The molecule has 1 heterocycles. The van der Waals surface area contributed by atoms with Gasteiger partial charge in [0.05, 0.1) is 12.3 Å². The molecule has 0 radical (unpaired) electrons. The third kappa shape index (κ3) is 1.01. The van der Waals surface area contributed by atoms with Crippen molar-refractivity contribution < 1.29 is 15.0 Å². The minimum absolute atomic E-state index is 0.251. The molecule has 0 aliphatic rings. The highest BCUT2D eigenvalue weighted by Crippen LogP contribution is 2.00. The van der Waals surface area contributed by atoms with E-state index in [-0.39, 0.29) is 6.61 Å². The summed E-state index contributed by atoms with van der Waals surface area (Å²) in [6.45, 7) is -0.251. The van der Waals surface area contributed by atoms with E-state index >= 15 is 0 Å². The number of aromatic nitrogens is 1. The van der Waals surface area contributed by atoms with Crippen LogP contribution in [0.3, 0.4) is 0 Å². The summed E-state index contributed by atoms with van der Waals surface area (Å²) in [5.74, 6) is 0. The van der Waals surface area contributed by atoms with Gasteiger partial charge in [-0.25, -0.2) is 4.79 Å². The lowest BCUT2D eigenvalue weighted by atomic mass is 10.5. The van der Waals surface area contributed by atoms with Crippen molar-refractivity contribution in [2.45, 2.75) is 6.61 Å². The topological polar surface area (TPSA) is 62.5 Å².